The molecule has 3 rings (SSSR count). The van der Waals surface area contributed by atoms with E-state index in [0.717, 1.165) is 29.1 Å². The van der Waals surface area contributed by atoms with Crippen molar-refractivity contribution in [1.29, 1.82) is 5.26 Å². The first kappa shape index (κ1) is 15.4. The minimum Gasteiger partial charge on any atom is -0.350 e. The highest BCUT2D eigenvalue weighted by Gasteiger charge is 2.23. The van der Waals surface area contributed by atoms with E-state index in [1.54, 1.807) is 0 Å². The molecule has 1 aliphatic heterocycles. The number of nitriles is 1. The smallest absolute Gasteiger partial charge is 0.164 e. The molecule has 2 fully saturated rings. The highest BCUT2D eigenvalue weighted by Crippen LogP contribution is 2.28. The number of thioether (sulfide) groups is 1. The molecule has 4 heteroatoms. The average Bonchev–Trinajstić information content (AvgIpc) is 2.82. The van der Waals surface area contributed by atoms with Crippen LogP contribution in [0.1, 0.15) is 44.1 Å². The molecular formula is C18H23N3S. The van der Waals surface area contributed by atoms with E-state index in [9.17, 15) is 0 Å². The van der Waals surface area contributed by atoms with Gasteiger partial charge >= 0.3 is 0 Å². The number of amidine groups is 1. The lowest BCUT2D eigenvalue weighted by molar-refractivity contribution is 0.333. The largest absolute Gasteiger partial charge is 0.350 e. The number of nitrogens with zero attached hydrogens (tertiary/aromatic N) is 3. The first-order valence-electron chi connectivity index (χ1n) is 8.32. The van der Waals surface area contributed by atoms with E-state index in [1.165, 1.54) is 45.1 Å². The quantitative estimate of drug-likeness (QED) is 0.768. The van der Waals surface area contributed by atoms with Gasteiger partial charge in [0.15, 0.2) is 5.17 Å². The van der Waals surface area contributed by atoms with Gasteiger partial charge < -0.3 is 4.90 Å². The molecule has 22 heavy (non-hydrogen) atoms. The summed E-state index contributed by atoms with van der Waals surface area (Å²) in [6.45, 7) is 2.29. The summed E-state index contributed by atoms with van der Waals surface area (Å²) < 4.78 is 0. The second-order valence-corrected chi connectivity index (χ2v) is 7.27. The standard InChI is InChI=1S/C18H23N3S/c19-13-15-7-9-17(10-8-15)20-18-21(11-12-22-18)14-16-5-3-1-2-4-6-16/h7-10,16H,1-6,11-12,14H2. The van der Waals surface area contributed by atoms with Crippen LogP contribution in [-0.2, 0) is 0 Å². The van der Waals surface area contributed by atoms with Crippen molar-refractivity contribution in [1.82, 2.24) is 4.90 Å². The molecular weight excluding hydrogens is 290 g/mol. The van der Waals surface area contributed by atoms with Gasteiger partial charge in [0, 0.05) is 18.8 Å². The molecule has 0 N–H and O–H groups in total. The molecule has 3 nitrogen and oxygen atoms in total. The number of benzene rings is 1. The molecule has 1 saturated heterocycles. The fourth-order valence-corrected chi connectivity index (χ4v) is 4.30. The molecule has 0 unspecified atom stereocenters. The minimum atomic E-state index is 0.693. The lowest BCUT2D eigenvalue weighted by Crippen LogP contribution is -2.30. The molecule has 0 atom stereocenters. The molecule has 1 aromatic carbocycles. The summed E-state index contributed by atoms with van der Waals surface area (Å²) >= 11 is 1.86. The summed E-state index contributed by atoms with van der Waals surface area (Å²) in [6, 6.07) is 9.71. The summed E-state index contributed by atoms with van der Waals surface area (Å²) in [5.74, 6) is 1.98. The van der Waals surface area contributed by atoms with Crippen LogP contribution in [0.5, 0.6) is 0 Å². The maximum Gasteiger partial charge on any atom is 0.164 e. The zero-order valence-electron chi connectivity index (χ0n) is 13.0. The second kappa shape index (κ2) is 7.69. The number of aliphatic imine (C=N–C) groups is 1. The second-order valence-electron chi connectivity index (χ2n) is 6.21. The van der Waals surface area contributed by atoms with E-state index >= 15 is 0 Å². The third-order valence-corrected chi connectivity index (χ3v) is 5.53. The predicted octanol–water partition coefficient (Wildman–Crippen LogP) is 4.56. The van der Waals surface area contributed by atoms with Crippen molar-refractivity contribution in [3.63, 3.8) is 0 Å². The predicted molar refractivity (Wildman–Crippen MR) is 93.5 cm³/mol. The van der Waals surface area contributed by atoms with Gasteiger partial charge in [0.1, 0.15) is 0 Å². The van der Waals surface area contributed by atoms with Gasteiger partial charge in [-0.1, -0.05) is 37.4 Å². The van der Waals surface area contributed by atoms with E-state index < -0.39 is 0 Å². The van der Waals surface area contributed by atoms with Crippen LogP contribution in [0.4, 0.5) is 5.69 Å². The Morgan fingerprint density at radius 1 is 1.14 bits per heavy atom. The molecule has 0 aromatic heterocycles. The Morgan fingerprint density at radius 3 is 2.55 bits per heavy atom. The number of hydrogen-bond donors (Lipinski definition) is 0. The molecule has 1 saturated carbocycles. The van der Waals surface area contributed by atoms with E-state index in [-0.39, 0.29) is 0 Å². The molecule has 1 aromatic rings. The summed E-state index contributed by atoms with van der Waals surface area (Å²) in [5, 5.41) is 10.0. The Labute approximate surface area is 137 Å². The van der Waals surface area contributed by atoms with Crippen LogP contribution in [0.3, 0.4) is 0 Å². The van der Waals surface area contributed by atoms with Crippen LogP contribution < -0.4 is 0 Å². The van der Waals surface area contributed by atoms with Gasteiger partial charge in [0.2, 0.25) is 0 Å². The number of hydrogen-bond acceptors (Lipinski definition) is 3. The SMILES string of the molecule is N#Cc1ccc(N=C2SCCN2CC2CCCCCC2)cc1. The first-order valence-corrected chi connectivity index (χ1v) is 9.30. The molecule has 0 bridgehead atoms. The third kappa shape index (κ3) is 4.04. The van der Waals surface area contributed by atoms with Crippen molar-refractivity contribution < 1.29 is 0 Å². The van der Waals surface area contributed by atoms with Crippen molar-refractivity contribution in [2.45, 2.75) is 38.5 Å². The normalized spacial score (nSPS) is 21.8. The molecule has 1 heterocycles. The molecule has 0 amide bonds. The fraction of sp³-hybridized carbons (Fsp3) is 0.556. The highest BCUT2D eigenvalue weighted by atomic mass is 32.2. The zero-order chi connectivity index (χ0) is 15.2. The Hall–Kier alpha value is -1.47. The van der Waals surface area contributed by atoms with Gasteiger partial charge in [-0.2, -0.15) is 5.26 Å². The Balaban J connectivity index is 1.66. The fourth-order valence-electron chi connectivity index (χ4n) is 3.29. The van der Waals surface area contributed by atoms with E-state index in [0.29, 0.717) is 5.56 Å². The van der Waals surface area contributed by atoms with Crippen molar-refractivity contribution in [3.8, 4) is 6.07 Å². The monoisotopic (exact) mass is 313 g/mol. The molecule has 2 aliphatic rings. The van der Waals surface area contributed by atoms with Crippen molar-refractivity contribution in [2.75, 3.05) is 18.8 Å². The Kier molecular flexibility index (Phi) is 5.39. The summed E-state index contributed by atoms with van der Waals surface area (Å²) in [7, 11) is 0. The average molecular weight is 313 g/mol. The molecule has 0 spiro atoms. The lowest BCUT2D eigenvalue weighted by Gasteiger charge is -2.24. The van der Waals surface area contributed by atoms with E-state index in [2.05, 4.69) is 11.0 Å². The highest BCUT2D eigenvalue weighted by molar-refractivity contribution is 8.14. The van der Waals surface area contributed by atoms with E-state index in [4.69, 9.17) is 10.3 Å². The Bertz CT molecular complexity index is 551. The van der Waals surface area contributed by atoms with Crippen LogP contribution in [0.2, 0.25) is 0 Å². The molecule has 116 valence electrons. The van der Waals surface area contributed by atoms with E-state index in [1.807, 2.05) is 36.0 Å². The van der Waals surface area contributed by atoms with Gasteiger partial charge in [-0.3, -0.25) is 0 Å². The summed E-state index contributed by atoms with van der Waals surface area (Å²) in [4.78, 5) is 7.27. The van der Waals surface area contributed by atoms with Crippen LogP contribution in [0, 0.1) is 17.2 Å². The van der Waals surface area contributed by atoms with Crippen LogP contribution in [0.25, 0.3) is 0 Å². The van der Waals surface area contributed by atoms with Crippen molar-refractivity contribution in [2.24, 2.45) is 10.9 Å². The van der Waals surface area contributed by atoms with Gasteiger partial charge in [-0.05, 0) is 43.0 Å². The lowest BCUT2D eigenvalue weighted by atomic mass is 10.00. The maximum atomic E-state index is 8.86. The van der Waals surface area contributed by atoms with Gasteiger partial charge in [-0.15, -0.1) is 0 Å². The van der Waals surface area contributed by atoms with Gasteiger partial charge in [-0.25, -0.2) is 4.99 Å². The maximum absolute atomic E-state index is 8.86. The van der Waals surface area contributed by atoms with Gasteiger partial charge in [0.25, 0.3) is 0 Å². The summed E-state index contributed by atoms with van der Waals surface area (Å²) in [5.41, 5.74) is 1.65. The third-order valence-electron chi connectivity index (χ3n) is 4.54. The van der Waals surface area contributed by atoms with Crippen LogP contribution in [0.15, 0.2) is 29.3 Å². The summed E-state index contributed by atoms with van der Waals surface area (Å²) in [6.07, 6.45) is 8.38. The first-order chi connectivity index (χ1) is 10.8. The molecule has 1 aliphatic carbocycles. The zero-order valence-corrected chi connectivity index (χ0v) is 13.8. The molecule has 0 radical (unpaired) electrons. The minimum absolute atomic E-state index is 0.693. The van der Waals surface area contributed by atoms with Crippen molar-refractivity contribution >= 4 is 22.6 Å². The number of rotatable bonds is 3. The Morgan fingerprint density at radius 2 is 1.86 bits per heavy atom. The topological polar surface area (TPSA) is 39.4 Å². The van der Waals surface area contributed by atoms with Crippen LogP contribution >= 0.6 is 11.8 Å². The van der Waals surface area contributed by atoms with Crippen molar-refractivity contribution in [3.05, 3.63) is 29.8 Å². The van der Waals surface area contributed by atoms with Gasteiger partial charge in [0.05, 0.1) is 17.3 Å². The van der Waals surface area contributed by atoms with Crippen LogP contribution in [-0.4, -0.2) is 28.9 Å².